The second kappa shape index (κ2) is 7.71. The lowest BCUT2D eigenvalue weighted by Gasteiger charge is -2.15. The lowest BCUT2D eigenvalue weighted by molar-refractivity contribution is 0.117. The molecule has 4 heteroatoms. The Bertz CT molecular complexity index is 613. The van der Waals surface area contributed by atoms with E-state index in [1.807, 2.05) is 24.3 Å². The zero-order valence-corrected chi connectivity index (χ0v) is 13.3. The Balaban J connectivity index is 1.80. The molecule has 118 valence electrons. The van der Waals surface area contributed by atoms with E-state index in [2.05, 4.69) is 31.3 Å². The summed E-state index contributed by atoms with van der Waals surface area (Å²) < 4.78 is 10.7. The molecule has 0 aromatic heterocycles. The van der Waals surface area contributed by atoms with Crippen molar-refractivity contribution in [1.82, 2.24) is 0 Å². The first-order valence-electron chi connectivity index (χ1n) is 7.34. The third-order valence-electron chi connectivity index (χ3n) is 3.53. The van der Waals surface area contributed by atoms with Crippen LogP contribution in [-0.4, -0.2) is 31.5 Å². The molecule has 0 aliphatic carbocycles. The number of aliphatic hydroxyl groups is 1. The molecule has 0 amide bonds. The standard InChI is InChI=1S/C18H23NO3/c1-13-7-8-15(9-14(13)2)19-11-16(20)12-22-18-6-4-5-17(10-18)21-3/h4-10,16,19-20H,11-12H2,1-3H3/t16-/m1/s1. The van der Waals surface area contributed by atoms with Crippen LogP contribution in [0.4, 0.5) is 5.69 Å². The Labute approximate surface area is 131 Å². The van der Waals surface area contributed by atoms with E-state index < -0.39 is 6.10 Å². The summed E-state index contributed by atoms with van der Waals surface area (Å²) in [6.45, 7) is 4.82. The molecule has 0 saturated carbocycles. The first-order chi connectivity index (χ1) is 10.6. The molecule has 4 nitrogen and oxygen atoms in total. The minimum atomic E-state index is -0.590. The lowest BCUT2D eigenvalue weighted by atomic mass is 10.1. The van der Waals surface area contributed by atoms with E-state index in [4.69, 9.17) is 9.47 Å². The highest BCUT2D eigenvalue weighted by atomic mass is 16.5. The van der Waals surface area contributed by atoms with E-state index in [0.717, 1.165) is 11.4 Å². The highest BCUT2D eigenvalue weighted by molar-refractivity contribution is 5.48. The third-order valence-corrected chi connectivity index (χ3v) is 3.53. The summed E-state index contributed by atoms with van der Waals surface area (Å²) in [4.78, 5) is 0. The molecule has 2 N–H and O–H groups in total. The van der Waals surface area contributed by atoms with Gasteiger partial charge in [0, 0.05) is 18.3 Å². The summed E-state index contributed by atoms with van der Waals surface area (Å²) in [5.41, 5.74) is 3.49. The third kappa shape index (κ3) is 4.67. The van der Waals surface area contributed by atoms with Gasteiger partial charge in [0.1, 0.15) is 24.2 Å². The van der Waals surface area contributed by atoms with Crippen molar-refractivity contribution in [3.63, 3.8) is 0 Å². The van der Waals surface area contributed by atoms with Crippen molar-refractivity contribution >= 4 is 5.69 Å². The largest absolute Gasteiger partial charge is 0.497 e. The fraction of sp³-hybridized carbons (Fsp3) is 0.333. The molecule has 0 bridgehead atoms. The first-order valence-corrected chi connectivity index (χ1v) is 7.34. The van der Waals surface area contributed by atoms with Crippen LogP contribution in [0.2, 0.25) is 0 Å². The Morgan fingerprint density at radius 1 is 1.05 bits per heavy atom. The number of hydrogen-bond donors (Lipinski definition) is 2. The number of nitrogens with one attached hydrogen (secondary N) is 1. The van der Waals surface area contributed by atoms with Gasteiger partial charge in [0.2, 0.25) is 0 Å². The maximum Gasteiger partial charge on any atom is 0.123 e. The summed E-state index contributed by atoms with van der Waals surface area (Å²) in [7, 11) is 1.61. The molecule has 0 unspecified atom stereocenters. The molecule has 0 saturated heterocycles. The number of hydrogen-bond acceptors (Lipinski definition) is 4. The topological polar surface area (TPSA) is 50.7 Å². The number of aryl methyl sites for hydroxylation is 2. The number of benzene rings is 2. The van der Waals surface area contributed by atoms with E-state index in [-0.39, 0.29) is 6.61 Å². The van der Waals surface area contributed by atoms with Gasteiger partial charge in [-0.1, -0.05) is 12.1 Å². The summed E-state index contributed by atoms with van der Waals surface area (Å²) >= 11 is 0. The van der Waals surface area contributed by atoms with Crippen molar-refractivity contribution < 1.29 is 14.6 Å². The Kier molecular flexibility index (Phi) is 5.67. The van der Waals surface area contributed by atoms with Gasteiger partial charge in [-0.25, -0.2) is 0 Å². The molecule has 22 heavy (non-hydrogen) atoms. The second-order valence-corrected chi connectivity index (χ2v) is 5.32. The minimum Gasteiger partial charge on any atom is -0.497 e. The fourth-order valence-electron chi connectivity index (χ4n) is 2.03. The van der Waals surface area contributed by atoms with Crippen LogP contribution in [-0.2, 0) is 0 Å². The van der Waals surface area contributed by atoms with Gasteiger partial charge in [-0.05, 0) is 49.2 Å². The number of rotatable bonds is 7. The SMILES string of the molecule is COc1cccc(OC[C@H](O)CNc2ccc(C)c(C)c2)c1. The van der Waals surface area contributed by atoms with Crippen molar-refractivity contribution in [1.29, 1.82) is 0 Å². The molecule has 2 aromatic carbocycles. The average Bonchev–Trinajstić information content (AvgIpc) is 2.54. The maximum atomic E-state index is 10.0. The van der Waals surface area contributed by atoms with Crippen LogP contribution in [0.15, 0.2) is 42.5 Å². The summed E-state index contributed by atoms with van der Waals surface area (Å²) in [5, 5.41) is 13.2. The molecule has 1 atom stereocenters. The predicted molar refractivity (Wildman–Crippen MR) is 88.9 cm³/mol. The summed E-state index contributed by atoms with van der Waals surface area (Å²) in [5.74, 6) is 1.42. The Hall–Kier alpha value is -2.20. The Morgan fingerprint density at radius 2 is 1.82 bits per heavy atom. The summed E-state index contributed by atoms with van der Waals surface area (Å²) in [6, 6.07) is 13.5. The highest BCUT2D eigenvalue weighted by Crippen LogP contribution is 2.19. The van der Waals surface area contributed by atoms with E-state index in [0.29, 0.717) is 12.3 Å². The molecular formula is C18H23NO3. The van der Waals surface area contributed by atoms with Gasteiger partial charge in [0.25, 0.3) is 0 Å². The number of methoxy groups -OCH3 is 1. The Morgan fingerprint density at radius 3 is 2.55 bits per heavy atom. The van der Waals surface area contributed by atoms with Crippen LogP contribution < -0.4 is 14.8 Å². The maximum absolute atomic E-state index is 10.0. The van der Waals surface area contributed by atoms with E-state index in [1.165, 1.54) is 11.1 Å². The van der Waals surface area contributed by atoms with Gasteiger partial charge in [-0.15, -0.1) is 0 Å². The zero-order chi connectivity index (χ0) is 15.9. The molecule has 0 aliphatic heterocycles. The van der Waals surface area contributed by atoms with Crippen LogP contribution in [0.5, 0.6) is 11.5 Å². The highest BCUT2D eigenvalue weighted by Gasteiger charge is 2.06. The number of ether oxygens (including phenoxy) is 2. The number of aliphatic hydroxyl groups excluding tert-OH is 1. The van der Waals surface area contributed by atoms with Crippen LogP contribution in [0, 0.1) is 13.8 Å². The second-order valence-electron chi connectivity index (χ2n) is 5.32. The van der Waals surface area contributed by atoms with Crippen LogP contribution in [0.1, 0.15) is 11.1 Å². The molecule has 0 heterocycles. The number of anilines is 1. The van der Waals surface area contributed by atoms with Crippen LogP contribution in [0.3, 0.4) is 0 Å². The fourth-order valence-corrected chi connectivity index (χ4v) is 2.03. The van der Waals surface area contributed by atoms with Gasteiger partial charge in [-0.2, -0.15) is 0 Å². The van der Waals surface area contributed by atoms with Crippen molar-refractivity contribution in [2.45, 2.75) is 20.0 Å². The molecule has 2 rings (SSSR count). The van der Waals surface area contributed by atoms with Gasteiger partial charge >= 0.3 is 0 Å². The normalized spacial score (nSPS) is 11.8. The molecule has 0 aliphatic rings. The predicted octanol–water partition coefficient (Wildman–Crippen LogP) is 3.16. The zero-order valence-electron chi connectivity index (χ0n) is 13.3. The average molecular weight is 301 g/mol. The summed E-state index contributed by atoms with van der Waals surface area (Å²) in [6.07, 6.45) is -0.590. The lowest BCUT2D eigenvalue weighted by Crippen LogP contribution is -2.26. The van der Waals surface area contributed by atoms with Gasteiger partial charge in [0.15, 0.2) is 0 Å². The van der Waals surface area contributed by atoms with Crippen molar-refractivity contribution in [3.8, 4) is 11.5 Å². The first kappa shape index (κ1) is 16.2. The van der Waals surface area contributed by atoms with Crippen LogP contribution >= 0.6 is 0 Å². The molecule has 0 radical (unpaired) electrons. The molecule has 0 spiro atoms. The van der Waals surface area contributed by atoms with Gasteiger partial charge < -0.3 is 19.9 Å². The van der Waals surface area contributed by atoms with Gasteiger partial charge in [-0.3, -0.25) is 0 Å². The quantitative estimate of drug-likeness (QED) is 0.825. The van der Waals surface area contributed by atoms with E-state index in [1.54, 1.807) is 13.2 Å². The molecular weight excluding hydrogens is 278 g/mol. The van der Waals surface area contributed by atoms with Crippen LogP contribution in [0.25, 0.3) is 0 Å². The molecule has 0 fully saturated rings. The smallest absolute Gasteiger partial charge is 0.123 e. The van der Waals surface area contributed by atoms with Crippen molar-refractivity contribution in [3.05, 3.63) is 53.6 Å². The van der Waals surface area contributed by atoms with Crippen molar-refractivity contribution in [2.75, 3.05) is 25.6 Å². The minimum absolute atomic E-state index is 0.227. The van der Waals surface area contributed by atoms with Crippen molar-refractivity contribution in [2.24, 2.45) is 0 Å². The van der Waals surface area contributed by atoms with E-state index in [9.17, 15) is 5.11 Å². The van der Waals surface area contributed by atoms with E-state index >= 15 is 0 Å². The van der Waals surface area contributed by atoms with Gasteiger partial charge in [0.05, 0.1) is 7.11 Å². The monoisotopic (exact) mass is 301 g/mol. The molecule has 2 aromatic rings.